The van der Waals surface area contributed by atoms with Crippen molar-refractivity contribution in [3.8, 4) is 0 Å². The fourth-order valence-corrected chi connectivity index (χ4v) is 3.57. The molecule has 1 aromatic carbocycles. The number of hydrogen-bond donors (Lipinski definition) is 1. The first kappa shape index (κ1) is 13.5. The number of hydrogen-bond acceptors (Lipinski definition) is 3. The molecular formula is C11H16ClNO2S. The second-order valence-electron chi connectivity index (χ2n) is 3.76. The lowest BCUT2D eigenvalue weighted by atomic mass is 10.2. The largest absolute Gasteiger partial charge is 0.327 e. The van der Waals surface area contributed by atoms with Crippen LogP contribution in [0.3, 0.4) is 0 Å². The van der Waals surface area contributed by atoms with E-state index in [4.69, 9.17) is 17.3 Å². The van der Waals surface area contributed by atoms with Crippen molar-refractivity contribution in [3.63, 3.8) is 0 Å². The third-order valence-electron chi connectivity index (χ3n) is 2.26. The minimum atomic E-state index is -3.37. The van der Waals surface area contributed by atoms with Gasteiger partial charge in [-0.15, -0.1) is 0 Å². The van der Waals surface area contributed by atoms with Gasteiger partial charge in [0.25, 0.3) is 0 Å². The maximum Gasteiger partial charge on any atom is 0.181 e. The lowest BCUT2D eigenvalue weighted by Crippen LogP contribution is -2.29. The second-order valence-corrected chi connectivity index (χ2v) is 6.17. The Hall–Kier alpha value is -0.580. The van der Waals surface area contributed by atoms with Gasteiger partial charge in [-0.05, 0) is 18.6 Å². The van der Waals surface area contributed by atoms with E-state index in [1.165, 1.54) is 6.07 Å². The molecular weight excluding hydrogens is 246 g/mol. The fraction of sp³-hybridized carbons (Fsp3) is 0.455. The number of nitrogens with two attached hydrogens (primary N) is 1. The molecule has 0 radical (unpaired) electrons. The van der Waals surface area contributed by atoms with Gasteiger partial charge in [0.1, 0.15) is 0 Å². The predicted octanol–water partition coefficient (Wildman–Crippen LogP) is 2.24. The summed E-state index contributed by atoms with van der Waals surface area (Å²) < 4.78 is 23.9. The monoisotopic (exact) mass is 261 g/mol. The Balaban J connectivity index is 2.91. The topological polar surface area (TPSA) is 60.2 Å². The lowest BCUT2D eigenvalue weighted by molar-refractivity contribution is 0.577. The highest BCUT2D eigenvalue weighted by Crippen LogP contribution is 2.22. The Kier molecular flexibility index (Phi) is 4.77. The van der Waals surface area contributed by atoms with Crippen molar-refractivity contribution < 1.29 is 8.42 Å². The number of halogens is 1. The van der Waals surface area contributed by atoms with Gasteiger partial charge in [0.15, 0.2) is 9.84 Å². The molecule has 1 aromatic rings. The Labute approximate surface area is 102 Å². The molecule has 1 atom stereocenters. The quantitative estimate of drug-likeness (QED) is 0.884. The van der Waals surface area contributed by atoms with Gasteiger partial charge in [0.2, 0.25) is 0 Å². The predicted molar refractivity (Wildman–Crippen MR) is 66.4 cm³/mol. The molecule has 90 valence electrons. The van der Waals surface area contributed by atoms with E-state index in [1.807, 2.05) is 6.92 Å². The van der Waals surface area contributed by atoms with Crippen molar-refractivity contribution >= 4 is 21.4 Å². The van der Waals surface area contributed by atoms with Crippen LogP contribution in [0.15, 0.2) is 29.2 Å². The third kappa shape index (κ3) is 3.47. The van der Waals surface area contributed by atoms with Gasteiger partial charge in [-0.3, -0.25) is 0 Å². The minimum absolute atomic E-state index is 0.0510. The van der Waals surface area contributed by atoms with E-state index in [-0.39, 0.29) is 21.7 Å². The highest BCUT2D eigenvalue weighted by Gasteiger charge is 2.20. The van der Waals surface area contributed by atoms with E-state index in [2.05, 4.69) is 0 Å². The van der Waals surface area contributed by atoms with Crippen molar-refractivity contribution in [3.05, 3.63) is 29.3 Å². The number of benzene rings is 1. The third-order valence-corrected chi connectivity index (χ3v) is 4.60. The molecule has 2 N–H and O–H groups in total. The van der Waals surface area contributed by atoms with E-state index in [0.717, 1.165) is 6.42 Å². The van der Waals surface area contributed by atoms with E-state index in [1.54, 1.807) is 18.2 Å². The van der Waals surface area contributed by atoms with Crippen molar-refractivity contribution in [1.82, 2.24) is 0 Å². The normalized spacial score (nSPS) is 13.7. The molecule has 1 unspecified atom stereocenters. The van der Waals surface area contributed by atoms with Crippen LogP contribution in [-0.4, -0.2) is 20.2 Å². The fourth-order valence-electron chi connectivity index (χ4n) is 1.52. The summed E-state index contributed by atoms with van der Waals surface area (Å²) in [6, 6.07) is 6.11. The van der Waals surface area contributed by atoms with Gasteiger partial charge in [0.05, 0.1) is 15.7 Å². The van der Waals surface area contributed by atoms with Crippen molar-refractivity contribution in [2.75, 3.05) is 5.75 Å². The molecule has 0 aliphatic rings. The van der Waals surface area contributed by atoms with Gasteiger partial charge >= 0.3 is 0 Å². The molecule has 0 amide bonds. The zero-order chi connectivity index (χ0) is 12.2. The van der Waals surface area contributed by atoms with Crippen molar-refractivity contribution in [2.24, 2.45) is 5.73 Å². The van der Waals surface area contributed by atoms with E-state index in [0.29, 0.717) is 6.42 Å². The van der Waals surface area contributed by atoms with Crippen LogP contribution in [0.4, 0.5) is 0 Å². The molecule has 0 saturated carbocycles. The highest BCUT2D eigenvalue weighted by atomic mass is 35.5. The highest BCUT2D eigenvalue weighted by molar-refractivity contribution is 7.91. The lowest BCUT2D eigenvalue weighted by Gasteiger charge is -2.11. The summed E-state index contributed by atoms with van der Waals surface area (Å²) in [5.74, 6) is -0.0510. The summed E-state index contributed by atoms with van der Waals surface area (Å²) in [6.07, 6.45) is 1.57. The van der Waals surface area contributed by atoms with Crippen LogP contribution in [0.25, 0.3) is 0 Å². The maximum atomic E-state index is 12.0. The maximum absolute atomic E-state index is 12.0. The van der Waals surface area contributed by atoms with Crippen LogP contribution >= 0.6 is 11.6 Å². The van der Waals surface area contributed by atoms with Crippen LogP contribution < -0.4 is 5.73 Å². The van der Waals surface area contributed by atoms with Gasteiger partial charge in [0, 0.05) is 6.04 Å². The Bertz CT molecular complexity index is 445. The molecule has 3 nitrogen and oxygen atoms in total. The smallest absolute Gasteiger partial charge is 0.181 e. The molecule has 0 fully saturated rings. The standard InChI is InChI=1S/C11H16ClNO2S/c1-2-5-9(13)8-16(14,15)11-7-4-3-6-10(11)12/h3-4,6-7,9H,2,5,8,13H2,1H3. The molecule has 0 aliphatic heterocycles. The Morgan fingerprint density at radius 1 is 1.38 bits per heavy atom. The van der Waals surface area contributed by atoms with Crippen LogP contribution in [0.5, 0.6) is 0 Å². The SMILES string of the molecule is CCCC(N)CS(=O)(=O)c1ccccc1Cl. The summed E-state index contributed by atoms with van der Waals surface area (Å²) in [6.45, 7) is 1.97. The van der Waals surface area contributed by atoms with E-state index in [9.17, 15) is 8.42 Å². The van der Waals surface area contributed by atoms with Crippen LogP contribution in [0.2, 0.25) is 5.02 Å². The van der Waals surface area contributed by atoms with Crippen molar-refractivity contribution in [2.45, 2.75) is 30.7 Å². The number of sulfone groups is 1. The first-order valence-electron chi connectivity index (χ1n) is 5.20. The van der Waals surface area contributed by atoms with Crippen LogP contribution in [0.1, 0.15) is 19.8 Å². The molecule has 16 heavy (non-hydrogen) atoms. The summed E-state index contributed by atoms with van der Waals surface area (Å²) in [5.41, 5.74) is 5.74. The van der Waals surface area contributed by atoms with Crippen LogP contribution in [0, 0.1) is 0 Å². The molecule has 0 bridgehead atoms. The first-order chi connectivity index (χ1) is 7.47. The summed E-state index contributed by atoms with van der Waals surface area (Å²) >= 11 is 5.85. The molecule has 0 saturated heterocycles. The van der Waals surface area contributed by atoms with E-state index >= 15 is 0 Å². The second kappa shape index (κ2) is 5.66. The zero-order valence-corrected chi connectivity index (χ0v) is 10.8. The summed E-state index contributed by atoms with van der Waals surface area (Å²) in [7, 11) is -3.37. The Morgan fingerprint density at radius 3 is 2.56 bits per heavy atom. The van der Waals surface area contributed by atoms with Gasteiger partial charge in [-0.1, -0.05) is 37.1 Å². The molecule has 1 rings (SSSR count). The molecule has 0 heterocycles. The Morgan fingerprint density at radius 2 is 2.00 bits per heavy atom. The van der Waals surface area contributed by atoms with Gasteiger partial charge in [-0.25, -0.2) is 8.42 Å². The zero-order valence-electron chi connectivity index (χ0n) is 9.19. The number of rotatable bonds is 5. The average Bonchev–Trinajstić information content (AvgIpc) is 2.17. The molecule has 5 heteroatoms. The molecule has 0 aromatic heterocycles. The van der Waals surface area contributed by atoms with Crippen LogP contribution in [-0.2, 0) is 9.84 Å². The minimum Gasteiger partial charge on any atom is -0.327 e. The summed E-state index contributed by atoms with van der Waals surface area (Å²) in [5, 5.41) is 0.256. The summed E-state index contributed by atoms with van der Waals surface area (Å²) in [4.78, 5) is 0.170. The van der Waals surface area contributed by atoms with Gasteiger partial charge in [-0.2, -0.15) is 0 Å². The molecule has 0 spiro atoms. The van der Waals surface area contributed by atoms with Crippen molar-refractivity contribution in [1.29, 1.82) is 0 Å². The van der Waals surface area contributed by atoms with E-state index < -0.39 is 9.84 Å². The van der Waals surface area contributed by atoms with Gasteiger partial charge < -0.3 is 5.73 Å². The molecule has 0 aliphatic carbocycles. The average molecular weight is 262 g/mol. The first-order valence-corrected chi connectivity index (χ1v) is 7.23.